The van der Waals surface area contributed by atoms with Crippen LogP contribution in [0.1, 0.15) is 42.6 Å². The summed E-state index contributed by atoms with van der Waals surface area (Å²) < 4.78 is 11.5. The zero-order valence-electron chi connectivity index (χ0n) is 11.8. The Morgan fingerprint density at radius 2 is 2.05 bits per heavy atom. The summed E-state index contributed by atoms with van der Waals surface area (Å²) in [5.41, 5.74) is 6.74. The van der Waals surface area contributed by atoms with E-state index in [-0.39, 0.29) is 36.2 Å². The quantitative estimate of drug-likeness (QED) is 0.827. The zero-order chi connectivity index (χ0) is 14.7. The Bertz CT molecular complexity index is 479. The Kier molecular flexibility index (Phi) is 4.62. The highest BCUT2D eigenvalue weighted by Crippen LogP contribution is 2.24. The van der Waals surface area contributed by atoms with Gasteiger partial charge < -0.3 is 20.3 Å². The fourth-order valence-electron chi connectivity index (χ4n) is 2.69. The number of nitrogens with two attached hydrogens (primary N) is 1. The van der Waals surface area contributed by atoms with Crippen LogP contribution in [-0.2, 0) is 16.1 Å². The standard InChI is InChI=1S/C15H21NO4/c1-9-6-12(7-10(2)20-9)19-8-11-4-3-5-13(16)14(11)15(17)18/h3-5,9-10,12H,6-8,16H2,1-2H3,(H,17,18). The summed E-state index contributed by atoms with van der Waals surface area (Å²) in [5, 5.41) is 9.21. The molecule has 2 unspecified atom stereocenters. The van der Waals surface area contributed by atoms with Gasteiger partial charge in [-0.1, -0.05) is 12.1 Å². The summed E-state index contributed by atoms with van der Waals surface area (Å²) in [6.45, 7) is 4.31. The first-order valence-electron chi connectivity index (χ1n) is 6.85. The van der Waals surface area contributed by atoms with Gasteiger partial charge in [0.2, 0.25) is 0 Å². The van der Waals surface area contributed by atoms with Crippen molar-refractivity contribution in [3.05, 3.63) is 29.3 Å². The molecular weight excluding hydrogens is 258 g/mol. The van der Waals surface area contributed by atoms with E-state index >= 15 is 0 Å². The molecule has 1 fully saturated rings. The van der Waals surface area contributed by atoms with Crippen molar-refractivity contribution in [1.29, 1.82) is 0 Å². The molecule has 1 aromatic rings. The van der Waals surface area contributed by atoms with Crippen LogP contribution in [0, 0.1) is 0 Å². The number of nitrogen functional groups attached to an aromatic ring is 1. The van der Waals surface area contributed by atoms with Crippen LogP contribution in [0.5, 0.6) is 0 Å². The Labute approximate surface area is 118 Å². The Morgan fingerprint density at radius 3 is 2.65 bits per heavy atom. The van der Waals surface area contributed by atoms with Crippen molar-refractivity contribution in [1.82, 2.24) is 0 Å². The van der Waals surface area contributed by atoms with Crippen molar-refractivity contribution < 1.29 is 19.4 Å². The van der Waals surface area contributed by atoms with Gasteiger partial charge in [-0.3, -0.25) is 0 Å². The van der Waals surface area contributed by atoms with E-state index in [2.05, 4.69) is 0 Å². The van der Waals surface area contributed by atoms with Gasteiger partial charge in [0.25, 0.3) is 0 Å². The lowest BCUT2D eigenvalue weighted by Gasteiger charge is -2.32. The highest BCUT2D eigenvalue weighted by atomic mass is 16.5. The summed E-state index contributed by atoms with van der Waals surface area (Å²) in [7, 11) is 0. The van der Waals surface area contributed by atoms with Gasteiger partial charge in [-0.05, 0) is 38.3 Å². The maximum absolute atomic E-state index is 11.2. The summed E-state index contributed by atoms with van der Waals surface area (Å²) >= 11 is 0. The van der Waals surface area contributed by atoms with Crippen LogP contribution < -0.4 is 5.73 Å². The SMILES string of the molecule is CC1CC(OCc2cccc(N)c2C(=O)O)CC(C)O1. The van der Waals surface area contributed by atoms with E-state index in [0.29, 0.717) is 5.56 Å². The maximum atomic E-state index is 11.2. The predicted molar refractivity (Wildman–Crippen MR) is 75.6 cm³/mol. The molecule has 1 aliphatic heterocycles. The monoisotopic (exact) mass is 279 g/mol. The van der Waals surface area contributed by atoms with Crippen molar-refractivity contribution in [2.75, 3.05) is 5.73 Å². The van der Waals surface area contributed by atoms with Gasteiger partial charge in [-0.2, -0.15) is 0 Å². The minimum absolute atomic E-state index is 0.0943. The second kappa shape index (κ2) is 6.24. The van der Waals surface area contributed by atoms with Crippen LogP contribution in [-0.4, -0.2) is 29.4 Å². The molecule has 0 saturated carbocycles. The topological polar surface area (TPSA) is 81.8 Å². The lowest BCUT2D eigenvalue weighted by molar-refractivity contribution is -0.106. The molecule has 1 aromatic carbocycles. The third kappa shape index (κ3) is 3.49. The van der Waals surface area contributed by atoms with Crippen molar-refractivity contribution in [2.24, 2.45) is 0 Å². The smallest absolute Gasteiger partial charge is 0.338 e. The number of carbonyl (C=O) groups is 1. The van der Waals surface area contributed by atoms with Crippen LogP contribution in [0.4, 0.5) is 5.69 Å². The highest BCUT2D eigenvalue weighted by Gasteiger charge is 2.25. The molecule has 2 atom stereocenters. The Morgan fingerprint density at radius 1 is 1.40 bits per heavy atom. The van der Waals surface area contributed by atoms with E-state index < -0.39 is 5.97 Å². The van der Waals surface area contributed by atoms with Crippen LogP contribution in [0.3, 0.4) is 0 Å². The van der Waals surface area contributed by atoms with E-state index in [1.54, 1.807) is 18.2 Å². The zero-order valence-corrected chi connectivity index (χ0v) is 11.8. The third-order valence-corrected chi connectivity index (χ3v) is 3.53. The molecule has 2 rings (SSSR count). The van der Waals surface area contributed by atoms with Crippen LogP contribution >= 0.6 is 0 Å². The van der Waals surface area contributed by atoms with Crippen LogP contribution in [0.15, 0.2) is 18.2 Å². The van der Waals surface area contributed by atoms with Gasteiger partial charge in [0.05, 0.1) is 30.5 Å². The second-order valence-electron chi connectivity index (χ2n) is 5.35. The molecule has 1 aliphatic rings. The van der Waals surface area contributed by atoms with Crippen molar-refractivity contribution >= 4 is 11.7 Å². The molecule has 5 heteroatoms. The molecule has 0 spiro atoms. The molecule has 110 valence electrons. The maximum Gasteiger partial charge on any atom is 0.338 e. The van der Waals surface area contributed by atoms with Gasteiger partial charge in [-0.15, -0.1) is 0 Å². The first-order chi connectivity index (χ1) is 9.47. The number of hydrogen-bond acceptors (Lipinski definition) is 4. The number of carboxylic acid groups (broad SMARTS) is 1. The van der Waals surface area contributed by atoms with Crippen LogP contribution in [0.2, 0.25) is 0 Å². The van der Waals surface area contributed by atoms with Crippen LogP contribution in [0.25, 0.3) is 0 Å². The van der Waals surface area contributed by atoms with E-state index in [0.717, 1.165) is 12.8 Å². The molecule has 0 aromatic heterocycles. The normalized spacial score (nSPS) is 26.4. The fourth-order valence-corrected chi connectivity index (χ4v) is 2.69. The molecule has 20 heavy (non-hydrogen) atoms. The molecule has 0 aliphatic carbocycles. The molecule has 5 nitrogen and oxygen atoms in total. The number of ether oxygens (including phenoxy) is 2. The highest BCUT2D eigenvalue weighted by molar-refractivity contribution is 5.95. The van der Waals surface area contributed by atoms with E-state index in [1.807, 2.05) is 13.8 Å². The van der Waals surface area contributed by atoms with Crippen molar-refractivity contribution in [3.8, 4) is 0 Å². The molecule has 1 saturated heterocycles. The first kappa shape index (κ1) is 14.8. The summed E-state index contributed by atoms with van der Waals surface area (Å²) in [6, 6.07) is 5.08. The molecule has 0 radical (unpaired) electrons. The minimum Gasteiger partial charge on any atom is -0.478 e. The molecule has 1 heterocycles. The van der Waals surface area contributed by atoms with Crippen molar-refractivity contribution in [2.45, 2.75) is 51.6 Å². The van der Waals surface area contributed by atoms with Gasteiger partial charge in [-0.25, -0.2) is 4.79 Å². The third-order valence-electron chi connectivity index (χ3n) is 3.53. The van der Waals surface area contributed by atoms with Crippen molar-refractivity contribution in [3.63, 3.8) is 0 Å². The number of benzene rings is 1. The lowest BCUT2D eigenvalue weighted by atomic mass is 10.0. The average Bonchev–Trinajstić information content (AvgIpc) is 2.34. The minimum atomic E-state index is -1.02. The largest absolute Gasteiger partial charge is 0.478 e. The first-order valence-corrected chi connectivity index (χ1v) is 6.85. The van der Waals surface area contributed by atoms with E-state index in [9.17, 15) is 9.90 Å². The lowest BCUT2D eigenvalue weighted by Crippen LogP contribution is -2.34. The van der Waals surface area contributed by atoms with Gasteiger partial charge in [0.15, 0.2) is 0 Å². The Hall–Kier alpha value is -1.59. The number of rotatable bonds is 4. The number of carboxylic acids is 1. The predicted octanol–water partition coefficient (Wildman–Crippen LogP) is 2.44. The second-order valence-corrected chi connectivity index (χ2v) is 5.35. The molecule has 3 N–H and O–H groups in total. The average molecular weight is 279 g/mol. The number of aromatic carboxylic acids is 1. The van der Waals surface area contributed by atoms with Gasteiger partial charge >= 0.3 is 5.97 Å². The van der Waals surface area contributed by atoms with Gasteiger partial charge in [0, 0.05) is 5.69 Å². The van der Waals surface area contributed by atoms with E-state index in [1.165, 1.54) is 0 Å². The number of anilines is 1. The molecule has 0 amide bonds. The summed E-state index contributed by atoms with van der Waals surface area (Å²) in [5.74, 6) is -1.02. The number of hydrogen-bond donors (Lipinski definition) is 2. The summed E-state index contributed by atoms with van der Waals surface area (Å²) in [4.78, 5) is 11.2. The molecular formula is C15H21NO4. The fraction of sp³-hybridized carbons (Fsp3) is 0.533. The Balaban J connectivity index is 2.04. The molecule has 0 bridgehead atoms. The summed E-state index contributed by atoms with van der Waals surface area (Å²) in [6.07, 6.45) is 2.09. The van der Waals surface area contributed by atoms with Gasteiger partial charge in [0.1, 0.15) is 0 Å². The van der Waals surface area contributed by atoms with E-state index in [4.69, 9.17) is 15.2 Å².